The van der Waals surface area contributed by atoms with Crippen LogP contribution in [0.3, 0.4) is 0 Å². The molecule has 3 N–H and O–H groups in total. The Bertz CT molecular complexity index is 444. The highest BCUT2D eigenvalue weighted by molar-refractivity contribution is 5.82. The summed E-state index contributed by atoms with van der Waals surface area (Å²) in [4.78, 5) is 14.2. The molecule has 0 bridgehead atoms. The predicted octanol–water partition coefficient (Wildman–Crippen LogP) is 0.878. The average Bonchev–Trinajstić information content (AvgIpc) is 3.01. The van der Waals surface area contributed by atoms with E-state index in [-0.39, 0.29) is 30.0 Å². The fourth-order valence-electron chi connectivity index (χ4n) is 3.51. The number of piperidine rings is 1. The van der Waals surface area contributed by atoms with Crippen LogP contribution in [-0.2, 0) is 4.79 Å². The second-order valence-electron chi connectivity index (χ2n) is 5.62. The Balaban J connectivity index is 1.88. The zero-order valence-electron chi connectivity index (χ0n) is 11.2. The van der Waals surface area contributed by atoms with Gasteiger partial charge in [0.05, 0.1) is 18.2 Å². The first-order valence-electron chi connectivity index (χ1n) is 7.01. The van der Waals surface area contributed by atoms with Gasteiger partial charge in [-0.3, -0.25) is 9.69 Å². The topological polar surface area (TPSA) is 71.5 Å². The minimum atomic E-state index is -0.0272. The van der Waals surface area contributed by atoms with Gasteiger partial charge in [-0.2, -0.15) is 0 Å². The van der Waals surface area contributed by atoms with E-state index >= 15 is 0 Å². The lowest BCUT2D eigenvalue weighted by Crippen LogP contribution is -2.51. The smallest absolute Gasteiger partial charge is 0.224 e. The number of fused-ring (bicyclic) bond motifs is 1. The molecular formula is C14H21N3O2. The maximum atomic E-state index is 11.8. The van der Waals surface area contributed by atoms with Crippen molar-refractivity contribution in [3.8, 4) is 0 Å². The SMILES string of the molecule is CC(N)C(c1ccco1)N1CCCC2C(=O)NCC21. The molecule has 3 rings (SSSR count). The van der Waals surface area contributed by atoms with E-state index in [1.165, 1.54) is 0 Å². The summed E-state index contributed by atoms with van der Waals surface area (Å²) in [6.45, 7) is 3.71. The number of hydrogen-bond donors (Lipinski definition) is 2. The third-order valence-electron chi connectivity index (χ3n) is 4.33. The lowest BCUT2D eigenvalue weighted by atomic mass is 9.88. The predicted molar refractivity (Wildman–Crippen MR) is 71.3 cm³/mol. The van der Waals surface area contributed by atoms with Crippen molar-refractivity contribution in [2.24, 2.45) is 11.7 Å². The molecule has 0 saturated carbocycles. The van der Waals surface area contributed by atoms with Gasteiger partial charge in [0, 0.05) is 18.6 Å². The number of hydrogen-bond acceptors (Lipinski definition) is 4. The molecule has 104 valence electrons. The number of carbonyl (C=O) groups excluding carboxylic acids is 1. The van der Waals surface area contributed by atoms with Crippen LogP contribution in [0.5, 0.6) is 0 Å². The van der Waals surface area contributed by atoms with Crippen molar-refractivity contribution < 1.29 is 9.21 Å². The number of nitrogens with two attached hydrogens (primary N) is 1. The van der Waals surface area contributed by atoms with Gasteiger partial charge >= 0.3 is 0 Å². The molecule has 1 aromatic rings. The maximum Gasteiger partial charge on any atom is 0.224 e. The monoisotopic (exact) mass is 263 g/mol. The number of carbonyl (C=O) groups is 1. The fourth-order valence-corrected chi connectivity index (χ4v) is 3.51. The minimum Gasteiger partial charge on any atom is -0.468 e. The van der Waals surface area contributed by atoms with Crippen LogP contribution in [0.1, 0.15) is 31.6 Å². The summed E-state index contributed by atoms with van der Waals surface area (Å²) < 4.78 is 5.56. The first-order chi connectivity index (χ1) is 9.18. The minimum absolute atomic E-state index is 0.0272. The van der Waals surface area contributed by atoms with Crippen LogP contribution in [0.25, 0.3) is 0 Å². The molecule has 3 heterocycles. The summed E-state index contributed by atoms with van der Waals surface area (Å²) >= 11 is 0. The van der Waals surface area contributed by atoms with Crippen molar-refractivity contribution in [3.63, 3.8) is 0 Å². The molecule has 4 atom stereocenters. The van der Waals surface area contributed by atoms with Crippen LogP contribution in [-0.4, -0.2) is 36.0 Å². The van der Waals surface area contributed by atoms with E-state index in [1.807, 2.05) is 19.1 Å². The first-order valence-corrected chi connectivity index (χ1v) is 7.01. The molecule has 5 heteroatoms. The fraction of sp³-hybridized carbons (Fsp3) is 0.643. The van der Waals surface area contributed by atoms with Crippen molar-refractivity contribution in [2.45, 2.75) is 37.9 Å². The molecule has 0 aliphatic carbocycles. The quantitative estimate of drug-likeness (QED) is 0.849. The van der Waals surface area contributed by atoms with Crippen LogP contribution < -0.4 is 11.1 Å². The van der Waals surface area contributed by atoms with E-state index in [9.17, 15) is 4.79 Å². The number of rotatable bonds is 3. The van der Waals surface area contributed by atoms with Crippen LogP contribution in [0, 0.1) is 5.92 Å². The molecular weight excluding hydrogens is 242 g/mol. The zero-order valence-corrected chi connectivity index (χ0v) is 11.2. The molecule has 1 amide bonds. The number of furan rings is 1. The Morgan fingerprint density at radius 3 is 3.11 bits per heavy atom. The van der Waals surface area contributed by atoms with Crippen LogP contribution in [0.15, 0.2) is 22.8 Å². The Kier molecular flexibility index (Phi) is 3.33. The molecule has 0 radical (unpaired) electrons. The van der Waals surface area contributed by atoms with E-state index < -0.39 is 0 Å². The summed E-state index contributed by atoms with van der Waals surface area (Å²) in [5, 5.41) is 2.98. The van der Waals surface area contributed by atoms with Crippen LogP contribution in [0.4, 0.5) is 0 Å². The lowest BCUT2D eigenvalue weighted by Gasteiger charge is -2.42. The highest BCUT2D eigenvalue weighted by atomic mass is 16.3. The Labute approximate surface area is 113 Å². The third-order valence-corrected chi connectivity index (χ3v) is 4.33. The van der Waals surface area contributed by atoms with Gasteiger partial charge < -0.3 is 15.5 Å². The summed E-state index contributed by atoms with van der Waals surface area (Å²) in [6.07, 6.45) is 3.71. The third kappa shape index (κ3) is 2.17. The van der Waals surface area contributed by atoms with Crippen molar-refractivity contribution >= 4 is 5.91 Å². The van der Waals surface area contributed by atoms with Gasteiger partial charge in [-0.15, -0.1) is 0 Å². The summed E-state index contributed by atoms with van der Waals surface area (Å²) in [5.74, 6) is 1.21. The second-order valence-corrected chi connectivity index (χ2v) is 5.62. The van der Waals surface area contributed by atoms with Gasteiger partial charge in [0.15, 0.2) is 0 Å². The first kappa shape index (κ1) is 12.7. The van der Waals surface area contributed by atoms with Crippen molar-refractivity contribution in [2.75, 3.05) is 13.1 Å². The number of nitrogens with zero attached hydrogens (tertiary/aromatic N) is 1. The van der Waals surface area contributed by atoms with Crippen LogP contribution in [0.2, 0.25) is 0 Å². The molecule has 5 nitrogen and oxygen atoms in total. The molecule has 2 aliphatic heterocycles. The number of amides is 1. The van der Waals surface area contributed by atoms with Gasteiger partial charge in [0.25, 0.3) is 0 Å². The Morgan fingerprint density at radius 2 is 2.42 bits per heavy atom. The van der Waals surface area contributed by atoms with Crippen LogP contribution >= 0.6 is 0 Å². The van der Waals surface area contributed by atoms with Gasteiger partial charge in [-0.25, -0.2) is 0 Å². The van der Waals surface area contributed by atoms with E-state index in [0.29, 0.717) is 0 Å². The normalized spacial score (nSPS) is 30.7. The lowest BCUT2D eigenvalue weighted by molar-refractivity contribution is -0.124. The summed E-state index contributed by atoms with van der Waals surface area (Å²) in [6, 6.07) is 4.14. The van der Waals surface area contributed by atoms with Crippen molar-refractivity contribution in [3.05, 3.63) is 24.2 Å². The van der Waals surface area contributed by atoms with Crippen molar-refractivity contribution in [1.29, 1.82) is 0 Å². The summed E-state index contributed by atoms with van der Waals surface area (Å²) in [5.41, 5.74) is 6.17. The van der Waals surface area contributed by atoms with E-state index in [0.717, 1.165) is 31.7 Å². The van der Waals surface area contributed by atoms with Gasteiger partial charge in [-0.1, -0.05) is 0 Å². The van der Waals surface area contributed by atoms with Gasteiger partial charge in [-0.05, 0) is 38.4 Å². The Morgan fingerprint density at radius 1 is 1.58 bits per heavy atom. The molecule has 1 aromatic heterocycles. The highest BCUT2D eigenvalue weighted by Crippen LogP contribution is 2.35. The number of likely N-dealkylation sites (tertiary alicyclic amines) is 1. The average molecular weight is 263 g/mol. The van der Waals surface area contributed by atoms with Crippen molar-refractivity contribution in [1.82, 2.24) is 10.2 Å². The molecule has 2 fully saturated rings. The second kappa shape index (κ2) is 4.98. The highest BCUT2D eigenvalue weighted by Gasteiger charge is 2.44. The molecule has 4 unspecified atom stereocenters. The van der Waals surface area contributed by atoms with E-state index in [4.69, 9.17) is 10.2 Å². The van der Waals surface area contributed by atoms with Gasteiger partial charge in [0.2, 0.25) is 5.91 Å². The molecule has 0 aromatic carbocycles. The zero-order chi connectivity index (χ0) is 13.4. The maximum absolute atomic E-state index is 11.8. The molecule has 19 heavy (non-hydrogen) atoms. The van der Waals surface area contributed by atoms with E-state index in [2.05, 4.69) is 10.2 Å². The van der Waals surface area contributed by atoms with Gasteiger partial charge in [0.1, 0.15) is 5.76 Å². The molecule has 0 spiro atoms. The standard InChI is InChI=1S/C14H21N3O2/c1-9(15)13(12-5-3-7-19-12)17-6-2-4-10-11(17)8-16-14(10)18/h3,5,7,9-11,13H,2,4,6,8,15H2,1H3,(H,16,18). The Hall–Kier alpha value is -1.33. The summed E-state index contributed by atoms with van der Waals surface area (Å²) in [7, 11) is 0. The number of nitrogens with one attached hydrogen (secondary N) is 1. The molecule has 2 aliphatic rings. The molecule has 2 saturated heterocycles. The largest absolute Gasteiger partial charge is 0.468 e. The van der Waals surface area contributed by atoms with E-state index in [1.54, 1.807) is 6.26 Å².